The van der Waals surface area contributed by atoms with Crippen LogP contribution in [0.2, 0.25) is 0 Å². The van der Waals surface area contributed by atoms with Gasteiger partial charge in [-0.15, -0.1) is 16.3 Å². The van der Waals surface area contributed by atoms with E-state index in [4.69, 9.17) is 9.47 Å². The molecule has 2 aromatic heterocycles. The fourth-order valence-corrected chi connectivity index (χ4v) is 3.53. The molecule has 0 aliphatic rings. The van der Waals surface area contributed by atoms with Gasteiger partial charge in [-0.05, 0) is 18.4 Å². The highest BCUT2D eigenvalue weighted by molar-refractivity contribution is 7.90. The minimum Gasteiger partial charge on any atom is -0.467 e. The third-order valence-corrected chi connectivity index (χ3v) is 4.73. The zero-order valence-corrected chi connectivity index (χ0v) is 13.5. The lowest BCUT2D eigenvalue weighted by Crippen LogP contribution is -2.24. The SMILES string of the molecule is COc1nc(C)nc(OC(=O)c2sccc2S(=O)(=O)NC=O)n1. The van der Waals surface area contributed by atoms with Gasteiger partial charge in [0.05, 0.1) is 7.11 Å². The maximum absolute atomic E-state index is 12.1. The smallest absolute Gasteiger partial charge is 0.357 e. The Hall–Kier alpha value is -2.60. The second-order valence-electron chi connectivity index (χ2n) is 3.89. The molecule has 1 amide bonds. The molecule has 0 radical (unpaired) electrons. The van der Waals surface area contributed by atoms with E-state index in [2.05, 4.69) is 15.0 Å². The summed E-state index contributed by atoms with van der Waals surface area (Å²) >= 11 is 0.832. The highest BCUT2D eigenvalue weighted by Crippen LogP contribution is 2.23. The summed E-state index contributed by atoms with van der Waals surface area (Å²) in [6.45, 7) is 1.54. The first kappa shape index (κ1) is 16.8. The third-order valence-electron chi connectivity index (χ3n) is 2.38. The Morgan fingerprint density at radius 2 is 2.00 bits per heavy atom. The molecule has 0 aliphatic carbocycles. The first-order valence-electron chi connectivity index (χ1n) is 5.89. The topological polar surface area (TPSA) is 137 Å². The molecule has 0 spiro atoms. The van der Waals surface area contributed by atoms with E-state index in [0.29, 0.717) is 0 Å². The van der Waals surface area contributed by atoms with Gasteiger partial charge in [0.15, 0.2) is 0 Å². The van der Waals surface area contributed by atoms with Crippen LogP contribution < -0.4 is 14.2 Å². The van der Waals surface area contributed by atoms with Crippen molar-refractivity contribution in [2.24, 2.45) is 0 Å². The van der Waals surface area contributed by atoms with Gasteiger partial charge in [0.25, 0.3) is 10.0 Å². The van der Waals surface area contributed by atoms with Crippen molar-refractivity contribution in [1.82, 2.24) is 19.7 Å². The van der Waals surface area contributed by atoms with E-state index in [0.717, 1.165) is 11.3 Å². The molecule has 23 heavy (non-hydrogen) atoms. The van der Waals surface area contributed by atoms with Crippen molar-refractivity contribution in [3.05, 3.63) is 22.1 Å². The number of sulfonamides is 1. The summed E-state index contributed by atoms with van der Waals surface area (Å²) < 4.78 is 35.0. The van der Waals surface area contributed by atoms with Crippen LogP contribution in [0.5, 0.6) is 12.0 Å². The van der Waals surface area contributed by atoms with Crippen LogP contribution in [0.15, 0.2) is 16.3 Å². The third kappa shape index (κ3) is 3.78. The van der Waals surface area contributed by atoms with Crippen molar-refractivity contribution in [3.63, 3.8) is 0 Å². The Morgan fingerprint density at radius 1 is 1.30 bits per heavy atom. The van der Waals surface area contributed by atoms with E-state index in [1.807, 2.05) is 0 Å². The fourth-order valence-electron chi connectivity index (χ4n) is 1.48. The van der Waals surface area contributed by atoms with E-state index in [-0.39, 0.29) is 34.0 Å². The van der Waals surface area contributed by atoms with Gasteiger partial charge in [0.1, 0.15) is 15.6 Å². The molecule has 0 atom stereocenters. The minimum atomic E-state index is -4.14. The molecule has 122 valence electrons. The molecule has 0 fully saturated rings. The lowest BCUT2D eigenvalue weighted by Gasteiger charge is -2.05. The Labute approximate surface area is 134 Å². The van der Waals surface area contributed by atoms with Crippen LogP contribution in [0, 0.1) is 6.92 Å². The summed E-state index contributed by atoms with van der Waals surface area (Å²) in [6, 6.07) is 0.785. The van der Waals surface area contributed by atoms with E-state index < -0.39 is 16.0 Å². The Morgan fingerprint density at radius 3 is 2.65 bits per heavy atom. The van der Waals surface area contributed by atoms with Gasteiger partial charge in [-0.2, -0.15) is 9.97 Å². The van der Waals surface area contributed by atoms with Crippen LogP contribution >= 0.6 is 11.3 Å². The van der Waals surface area contributed by atoms with Crippen molar-refractivity contribution in [3.8, 4) is 12.0 Å². The molecule has 0 saturated carbocycles. The Balaban J connectivity index is 2.31. The van der Waals surface area contributed by atoms with Gasteiger partial charge in [-0.3, -0.25) is 9.52 Å². The molecule has 0 bridgehead atoms. The first-order valence-corrected chi connectivity index (χ1v) is 8.26. The molecule has 1 N–H and O–H groups in total. The number of aryl methyl sites for hydroxylation is 1. The summed E-state index contributed by atoms with van der Waals surface area (Å²) in [7, 11) is -2.81. The highest BCUT2D eigenvalue weighted by Gasteiger charge is 2.26. The average molecular weight is 358 g/mol. The Bertz CT molecular complexity index is 848. The largest absolute Gasteiger partial charge is 0.467 e. The molecule has 0 aromatic carbocycles. The zero-order valence-electron chi connectivity index (χ0n) is 11.8. The van der Waals surface area contributed by atoms with Crippen molar-refractivity contribution in [1.29, 1.82) is 0 Å². The van der Waals surface area contributed by atoms with Gasteiger partial charge in [0.2, 0.25) is 6.41 Å². The van der Waals surface area contributed by atoms with Crippen LogP contribution in [-0.2, 0) is 14.8 Å². The fraction of sp³-hybridized carbons (Fsp3) is 0.182. The molecular weight excluding hydrogens is 348 g/mol. The van der Waals surface area contributed by atoms with Gasteiger partial charge >= 0.3 is 18.0 Å². The normalized spacial score (nSPS) is 10.9. The number of rotatable bonds is 6. The van der Waals surface area contributed by atoms with Crippen LogP contribution in [0.1, 0.15) is 15.5 Å². The van der Waals surface area contributed by atoms with Gasteiger partial charge in [-0.25, -0.2) is 13.2 Å². The van der Waals surface area contributed by atoms with Crippen molar-refractivity contribution in [2.45, 2.75) is 11.8 Å². The molecule has 0 aliphatic heterocycles. The van der Waals surface area contributed by atoms with E-state index in [9.17, 15) is 18.0 Å². The molecule has 0 saturated heterocycles. The van der Waals surface area contributed by atoms with Crippen LogP contribution in [0.4, 0.5) is 0 Å². The number of hydrogen-bond acceptors (Lipinski definition) is 10. The highest BCUT2D eigenvalue weighted by atomic mass is 32.2. The van der Waals surface area contributed by atoms with Gasteiger partial charge in [0, 0.05) is 0 Å². The molecule has 2 heterocycles. The van der Waals surface area contributed by atoms with Crippen molar-refractivity contribution in [2.75, 3.05) is 7.11 Å². The van der Waals surface area contributed by atoms with E-state index in [1.54, 1.807) is 4.72 Å². The first-order chi connectivity index (χ1) is 10.9. The predicted molar refractivity (Wildman–Crippen MR) is 76.8 cm³/mol. The quantitative estimate of drug-likeness (QED) is 0.554. The second-order valence-corrected chi connectivity index (χ2v) is 6.49. The molecule has 2 rings (SSSR count). The summed E-state index contributed by atoms with van der Waals surface area (Å²) in [5.74, 6) is -0.736. The minimum absolute atomic E-state index is 0.00230. The number of amides is 1. The van der Waals surface area contributed by atoms with Crippen molar-refractivity contribution < 1.29 is 27.5 Å². The number of nitrogens with one attached hydrogen (secondary N) is 1. The Kier molecular flexibility index (Phi) is 4.86. The van der Waals surface area contributed by atoms with Crippen molar-refractivity contribution >= 4 is 33.7 Å². The van der Waals surface area contributed by atoms with Gasteiger partial charge in [-0.1, -0.05) is 0 Å². The molecule has 0 unspecified atom stereocenters. The van der Waals surface area contributed by atoms with Crippen LogP contribution in [-0.4, -0.2) is 42.9 Å². The molecule has 10 nitrogen and oxygen atoms in total. The lowest BCUT2D eigenvalue weighted by molar-refractivity contribution is -0.108. The number of aromatic nitrogens is 3. The number of carbonyl (C=O) groups excluding carboxylic acids is 2. The number of esters is 1. The summed E-state index contributed by atoms with van der Waals surface area (Å²) in [6.07, 6.45) is 0.00230. The number of ether oxygens (including phenoxy) is 2. The number of nitrogens with zero attached hydrogens (tertiary/aromatic N) is 3. The predicted octanol–water partition coefficient (Wildman–Crippen LogP) is -0.0960. The van der Waals surface area contributed by atoms with Gasteiger partial charge < -0.3 is 9.47 Å². The number of hydrogen-bond donors (Lipinski definition) is 1. The van der Waals surface area contributed by atoms with Crippen LogP contribution in [0.3, 0.4) is 0 Å². The lowest BCUT2D eigenvalue weighted by atomic mass is 10.5. The maximum atomic E-state index is 12.1. The summed E-state index contributed by atoms with van der Waals surface area (Å²) in [4.78, 5) is 33.2. The standard InChI is InChI=1S/C11H10N4O6S2/c1-6-13-10(20-2)15-11(14-6)21-9(17)8-7(3-4-22-8)23(18,19)12-5-16/h3-5H,1-2H3,(H,12,16). The second kappa shape index (κ2) is 6.66. The molecule has 2 aromatic rings. The number of carbonyl (C=O) groups is 2. The summed E-state index contributed by atoms with van der Waals surface area (Å²) in [5.41, 5.74) is 0. The summed E-state index contributed by atoms with van der Waals surface area (Å²) in [5, 5.41) is 1.37. The monoisotopic (exact) mass is 358 g/mol. The number of thiophene rings is 1. The zero-order chi connectivity index (χ0) is 17.0. The van der Waals surface area contributed by atoms with E-state index in [1.165, 1.54) is 25.5 Å². The number of methoxy groups -OCH3 is 1. The average Bonchev–Trinajstić information content (AvgIpc) is 2.97. The van der Waals surface area contributed by atoms with E-state index >= 15 is 0 Å². The molecular formula is C11H10N4O6S2. The molecule has 12 heteroatoms. The van der Waals surface area contributed by atoms with Crippen LogP contribution in [0.25, 0.3) is 0 Å². The maximum Gasteiger partial charge on any atom is 0.357 e.